The highest BCUT2D eigenvalue weighted by Gasteiger charge is 2.15. The molecule has 0 saturated heterocycles. The number of rotatable bonds is 4. The van der Waals surface area contributed by atoms with Gasteiger partial charge in [0, 0.05) is 13.5 Å². The van der Waals surface area contributed by atoms with Gasteiger partial charge in [0.25, 0.3) is 11.7 Å². The first-order valence-electron chi connectivity index (χ1n) is 4.95. The molecule has 0 aromatic carbocycles. The molecule has 2 aromatic heterocycles. The molecule has 0 aliphatic carbocycles. The standard InChI is InChI=1S/C10H11N3O3S/c1-6-12-9(13-16-6)10(15)11-4-8(14)7-2-3-17-5-7/h2-3,5,8,14H,4H2,1H3,(H,11,15). The van der Waals surface area contributed by atoms with Crippen LogP contribution in [0.25, 0.3) is 0 Å². The van der Waals surface area contributed by atoms with E-state index >= 15 is 0 Å². The Balaban J connectivity index is 1.88. The number of hydrogen-bond acceptors (Lipinski definition) is 6. The molecule has 2 N–H and O–H groups in total. The molecule has 0 bridgehead atoms. The van der Waals surface area contributed by atoms with Crippen molar-refractivity contribution in [3.8, 4) is 0 Å². The second-order valence-corrected chi connectivity index (χ2v) is 4.20. The van der Waals surface area contributed by atoms with Crippen LogP contribution < -0.4 is 5.32 Å². The highest BCUT2D eigenvalue weighted by atomic mass is 32.1. The van der Waals surface area contributed by atoms with Crippen molar-refractivity contribution in [2.75, 3.05) is 6.54 Å². The Morgan fingerprint density at radius 2 is 2.53 bits per heavy atom. The van der Waals surface area contributed by atoms with E-state index < -0.39 is 12.0 Å². The highest BCUT2D eigenvalue weighted by Crippen LogP contribution is 2.15. The van der Waals surface area contributed by atoms with Crippen LogP contribution in [0.1, 0.15) is 28.2 Å². The van der Waals surface area contributed by atoms with Crippen LogP contribution in [0.2, 0.25) is 0 Å². The molecule has 0 aliphatic rings. The number of amides is 1. The fourth-order valence-corrected chi connectivity index (χ4v) is 1.95. The first-order valence-corrected chi connectivity index (χ1v) is 5.90. The molecule has 0 fully saturated rings. The van der Waals surface area contributed by atoms with Gasteiger partial charge in [0.05, 0.1) is 6.10 Å². The van der Waals surface area contributed by atoms with E-state index in [0.717, 1.165) is 5.56 Å². The quantitative estimate of drug-likeness (QED) is 0.845. The van der Waals surface area contributed by atoms with Gasteiger partial charge < -0.3 is 14.9 Å². The summed E-state index contributed by atoms with van der Waals surface area (Å²) < 4.78 is 4.68. The SMILES string of the molecule is Cc1nc(C(=O)NCC(O)c2ccsc2)no1. The Morgan fingerprint density at radius 3 is 3.12 bits per heavy atom. The average molecular weight is 253 g/mol. The summed E-state index contributed by atoms with van der Waals surface area (Å²) in [5, 5.41) is 19.4. The first-order chi connectivity index (χ1) is 8.16. The lowest BCUT2D eigenvalue weighted by Crippen LogP contribution is -2.29. The van der Waals surface area contributed by atoms with Gasteiger partial charge in [-0.3, -0.25) is 4.79 Å². The minimum absolute atomic E-state index is 0.0278. The number of nitrogens with one attached hydrogen (secondary N) is 1. The number of carbonyl (C=O) groups is 1. The van der Waals surface area contributed by atoms with Gasteiger partial charge in [0.2, 0.25) is 5.89 Å². The van der Waals surface area contributed by atoms with Gasteiger partial charge in [-0.25, -0.2) is 0 Å². The second-order valence-electron chi connectivity index (χ2n) is 3.42. The van der Waals surface area contributed by atoms with Crippen LogP contribution in [-0.2, 0) is 0 Å². The zero-order valence-corrected chi connectivity index (χ0v) is 9.90. The van der Waals surface area contributed by atoms with Gasteiger partial charge in [-0.1, -0.05) is 5.16 Å². The Bertz CT molecular complexity index is 495. The van der Waals surface area contributed by atoms with Crippen molar-refractivity contribution in [3.05, 3.63) is 34.1 Å². The van der Waals surface area contributed by atoms with E-state index in [2.05, 4.69) is 20.0 Å². The minimum atomic E-state index is -0.724. The molecule has 0 radical (unpaired) electrons. The molecule has 1 amide bonds. The van der Waals surface area contributed by atoms with Gasteiger partial charge >= 0.3 is 0 Å². The maximum Gasteiger partial charge on any atom is 0.292 e. The van der Waals surface area contributed by atoms with Gasteiger partial charge in [0.15, 0.2) is 0 Å². The van der Waals surface area contributed by atoms with Crippen LogP contribution in [0.5, 0.6) is 0 Å². The summed E-state index contributed by atoms with van der Waals surface area (Å²) in [5.41, 5.74) is 0.777. The molecule has 0 saturated carbocycles. The first kappa shape index (κ1) is 11.7. The lowest BCUT2D eigenvalue weighted by Gasteiger charge is -2.08. The van der Waals surface area contributed by atoms with Crippen LogP contribution >= 0.6 is 11.3 Å². The number of aromatic nitrogens is 2. The van der Waals surface area contributed by atoms with Gasteiger partial charge in [0.1, 0.15) is 0 Å². The monoisotopic (exact) mass is 253 g/mol. The van der Waals surface area contributed by atoms with Gasteiger partial charge in [-0.15, -0.1) is 0 Å². The van der Waals surface area contributed by atoms with E-state index in [1.165, 1.54) is 11.3 Å². The Kier molecular flexibility index (Phi) is 3.50. The summed E-state index contributed by atoms with van der Waals surface area (Å²) in [4.78, 5) is 15.3. The van der Waals surface area contributed by atoms with Gasteiger partial charge in [-0.2, -0.15) is 16.3 Å². The number of carbonyl (C=O) groups excluding carboxylic acids is 1. The summed E-state index contributed by atoms with van der Waals surface area (Å²) in [5.74, 6) is -0.162. The minimum Gasteiger partial charge on any atom is -0.387 e. The third kappa shape index (κ3) is 2.89. The van der Waals surface area contributed by atoms with E-state index in [-0.39, 0.29) is 12.4 Å². The zero-order chi connectivity index (χ0) is 12.3. The molecule has 2 rings (SSSR count). The van der Waals surface area contributed by atoms with E-state index in [9.17, 15) is 9.90 Å². The van der Waals surface area contributed by atoms with Crippen molar-refractivity contribution in [3.63, 3.8) is 0 Å². The lowest BCUT2D eigenvalue weighted by molar-refractivity contribution is 0.0903. The summed E-state index contributed by atoms with van der Waals surface area (Å²) >= 11 is 1.49. The molecule has 6 nitrogen and oxygen atoms in total. The fourth-order valence-electron chi connectivity index (χ4n) is 1.24. The van der Waals surface area contributed by atoms with E-state index in [1.807, 2.05) is 10.8 Å². The molecule has 1 unspecified atom stereocenters. The Hall–Kier alpha value is -1.73. The third-order valence-electron chi connectivity index (χ3n) is 2.11. The number of aliphatic hydroxyl groups excluding tert-OH is 1. The topological polar surface area (TPSA) is 88.2 Å². The molecular weight excluding hydrogens is 242 g/mol. The fraction of sp³-hybridized carbons (Fsp3) is 0.300. The molecule has 17 heavy (non-hydrogen) atoms. The number of nitrogens with zero attached hydrogens (tertiary/aromatic N) is 2. The second kappa shape index (κ2) is 5.07. The van der Waals surface area contributed by atoms with Crippen molar-refractivity contribution >= 4 is 17.2 Å². The number of aliphatic hydroxyl groups is 1. The molecule has 0 spiro atoms. The van der Waals surface area contributed by atoms with Crippen molar-refractivity contribution in [2.45, 2.75) is 13.0 Å². The van der Waals surface area contributed by atoms with Crippen molar-refractivity contribution in [1.82, 2.24) is 15.5 Å². The third-order valence-corrected chi connectivity index (χ3v) is 2.82. The normalized spacial score (nSPS) is 12.4. The van der Waals surface area contributed by atoms with Crippen molar-refractivity contribution < 1.29 is 14.4 Å². The molecule has 7 heteroatoms. The maximum absolute atomic E-state index is 11.5. The number of thiophene rings is 1. The smallest absolute Gasteiger partial charge is 0.292 e. The lowest BCUT2D eigenvalue weighted by atomic mass is 10.2. The van der Waals surface area contributed by atoms with Crippen LogP contribution in [0.3, 0.4) is 0 Å². The summed E-state index contributed by atoms with van der Waals surface area (Å²) in [6.45, 7) is 1.72. The van der Waals surface area contributed by atoms with Crippen LogP contribution in [-0.4, -0.2) is 27.7 Å². The molecule has 2 aromatic rings. The van der Waals surface area contributed by atoms with Crippen LogP contribution in [0, 0.1) is 6.92 Å². The molecular formula is C10H11N3O3S. The molecule has 2 heterocycles. The summed E-state index contributed by atoms with van der Waals surface area (Å²) in [7, 11) is 0. The molecule has 90 valence electrons. The maximum atomic E-state index is 11.5. The van der Waals surface area contributed by atoms with E-state index in [4.69, 9.17) is 0 Å². The number of hydrogen-bond donors (Lipinski definition) is 2. The average Bonchev–Trinajstić information content (AvgIpc) is 2.95. The van der Waals surface area contributed by atoms with Crippen molar-refractivity contribution in [1.29, 1.82) is 0 Å². The predicted octanol–water partition coefficient (Wildman–Crippen LogP) is 0.903. The zero-order valence-electron chi connectivity index (χ0n) is 9.08. The van der Waals surface area contributed by atoms with Crippen LogP contribution in [0.4, 0.5) is 0 Å². The van der Waals surface area contributed by atoms with Crippen LogP contribution in [0.15, 0.2) is 21.3 Å². The summed E-state index contributed by atoms with van der Waals surface area (Å²) in [6, 6.07) is 1.81. The van der Waals surface area contributed by atoms with E-state index in [0.29, 0.717) is 5.89 Å². The Morgan fingerprint density at radius 1 is 1.71 bits per heavy atom. The highest BCUT2D eigenvalue weighted by molar-refractivity contribution is 7.07. The predicted molar refractivity (Wildman–Crippen MR) is 60.6 cm³/mol. The molecule has 1 atom stereocenters. The summed E-state index contributed by atoms with van der Waals surface area (Å²) in [6.07, 6.45) is -0.724. The number of aryl methyl sites for hydroxylation is 1. The Labute approximate surface area is 101 Å². The largest absolute Gasteiger partial charge is 0.387 e. The van der Waals surface area contributed by atoms with Gasteiger partial charge in [-0.05, 0) is 22.4 Å². The van der Waals surface area contributed by atoms with E-state index in [1.54, 1.807) is 13.0 Å². The molecule has 0 aliphatic heterocycles. The van der Waals surface area contributed by atoms with Crippen molar-refractivity contribution in [2.24, 2.45) is 0 Å².